The van der Waals surface area contributed by atoms with E-state index in [1.807, 2.05) is 37.1 Å². The van der Waals surface area contributed by atoms with E-state index in [1.165, 1.54) is 24.8 Å². The molecule has 0 saturated heterocycles. The Bertz CT molecular complexity index is 548. The van der Waals surface area contributed by atoms with Gasteiger partial charge in [0.1, 0.15) is 0 Å². The molecule has 0 atom stereocenters. The molecule has 1 aliphatic carbocycles. The second kappa shape index (κ2) is 7.78. The number of amides is 1. The van der Waals surface area contributed by atoms with Crippen LogP contribution in [-0.4, -0.2) is 36.5 Å². The Balaban J connectivity index is 2.54. The van der Waals surface area contributed by atoms with Crippen molar-refractivity contribution in [3.8, 4) is 0 Å². The van der Waals surface area contributed by atoms with Crippen molar-refractivity contribution < 1.29 is 4.79 Å². The van der Waals surface area contributed by atoms with Gasteiger partial charge in [0.25, 0.3) is 5.91 Å². The SMILES string of the molecule is C=C/C=C\C(=C/C)C1=C(CNCC)C2(CCCCC2)N(C)C1=O. The van der Waals surface area contributed by atoms with Crippen LogP contribution in [-0.2, 0) is 4.79 Å². The molecule has 0 unspecified atom stereocenters. The van der Waals surface area contributed by atoms with Crippen molar-refractivity contribution in [3.05, 3.63) is 47.6 Å². The monoisotopic (exact) mass is 314 g/mol. The third-order valence-corrected chi connectivity index (χ3v) is 5.27. The fourth-order valence-corrected chi connectivity index (χ4v) is 4.00. The van der Waals surface area contributed by atoms with Crippen LogP contribution in [0.25, 0.3) is 0 Å². The predicted molar refractivity (Wildman–Crippen MR) is 97.2 cm³/mol. The first kappa shape index (κ1) is 17.7. The lowest BCUT2D eigenvalue weighted by atomic mass is 9.75. The summed E-state index contributed by atoms with van der Waals surface area (Å²) in [7, 11) is 1.98. The maximum absolute atomic E-state index is 13.1. The molecule has 0 aromatic rings. The van der Waals surface area contributed by atoms with Gasteiger partial charge in [0, 0.05) is 19.2 Å². The van der Waals surface area contributed by atoms with Gasteiger partial charge in [0.15, 0.2) is 0 Å². The lowest BCUT2D eigenvalue weighted by Gasteiger charge is -2.42. The minimum absolute atomic E-state index is 0.0802. The molecule has 1 spiro atoms. The Kier molecular flexibility index (Phi) is 6.00. The molecule has 2 aliphatic rings. The summed E-state index contributed by atoms with van der Waals surface area (Å²) >= 11 is 0. The molecule has 0 radical (unpaired) electrons. The number of carbonyl (C=O) groups excluding carboxylic acids is 1. The highest BCUT2D eigenvalue weighted by molar-refractivity contribution is 6.03. The van der Waals surface area contributed by atoms with Crippen LogP contribution in [0.1, 0.15) is 46.0 Å². The summed E-state index contributed by atoms with van der Waals surface area (Å²) in [5, 5.41) is 3.46. The molecule has 0 bridgehead atoms. The molecule has 3 nitrogen and oxygen atoms in total. The number of rotatable bonds is 6. The van der Waals surface area contributed by atoms with Gasteiger partial charge in [0.2, 0.25) is 0 Å². The molecule has 3 heteroatoms. The second-order valence-electron chi connectivity index (χ2n) is 6.43. The molecule has 126 valence electrons. The van der Waals surface area contributed by atoms with Crippen LogP contribution >= 0.6 is 0 Å². The highest BCUT2D eigenvalue weighted by Crippen LogP contribution is 2.46. The summed E-state index contributed by atoms with van der Waals surface area (Å²) in [6, 6.07) is 0. The molecule has 1 saturated carbocycles. The van der Waals surface area contributed by atoms with Gasteiger partial charge >= 0.3 is 0 Å². The second-order valence-corrected chi connectivity index (χ2v) is 6.43. The van der Waals surface area contributed by atoms with Gasteiger partial charge in [-0.15, -0.1) is 0 Å². The van der Waals surface area contributed by atoms with Crippen LogP contribution in [0.15, 0.2) is 47.6 Å². The molecule has 2 rings (SSSR count). The summed E-state index contributed by atoms with van der Waals surface area (Å²) in [5.41, 5.74) is 3.12. The summed E-state index contributed by atoms with van der Waals surface area (Å²) in [6.07, 6.45) is 13.6. The van der Waals surface area contributed by atoms with Gasteiger partial charge in [-0.25, -0.2) is 0 Å². The molecule has 1 aliphatic heterocycles. The highest BCUT2D eigenvalue weighted by atomic mass is 16.2. The molecule has 1 amide bonds. The largest absolute Gasteiger partial charge is 0.332 e. The maximum atomic E-state index is 13.1. The number of hydrogen-bond donors (Lipinski definition) is 1. The van der Waals surface area contributed by atoms with Gasteiger partial charge in [-0.1, -0.05) is 57.1 Å². The van der Waals surface area contributed by atoms with Crippen molar-refractivity contribution >= 4 is 5.91 Å². The zero-order valence-electron chi connectivity index (χ0n) is 14.8. The van der Waals surface area contributed by atoms with Crippen molar-refractivity contribution in [2.45, 2.75) is 51.5 Å². The predicted octanol–water partition coefficient (Wildman–Crippen LogP) is 3.76. The number of likely N-dealkylation sites (N-methyl/N-ethyl adjacent to an activating group) is 2. The Hall–Kier alpha value is -1.61. The van der Waals surface area contributed by atoms with E-state index in [4.69, 9.17) is 0 Å². The van der Waals surface area contributed by atoms with Gasteiger partial charge in [-0.05, 0) is 37.5 Å². The quantitative estimate of drug-likeness (QED) is 0.757. The fourth-order valence-electron chi connectivity index (χ4n) is 4.00. The van der Waals surface area contributed by atoms with Gasteiger partial charge in [-0.3, -0.25) is 4.79 Å². The van der Waals surface area contributed by atoms with E-state index in [1.54, 1.807) is 6.08 Å². The standard InChI is InChI=1S/C20H30N2O/c1-5-8-12-16(6-2)18-17(15-21-7-3)20(22(4)19(18)23)13-10-9-11-14-20/h5-6,8,12,21H,1,7,9-11,13-15H2,2-4H3/b12-8-,16-6+. The molecule has 1 heterocycles. The van der Waals surface area contributed by atoms with Crippen molar-refractivity contribution in [3.63, 3.8) is 0 Å². The first-order valence-electron chi connectivity index (χ1n) is 8.80. The van der Waals surface area contributed by atoms with Crippen LogP contribution in [0.3, 0.4) is 0 Å². The summed E-state index contributed by atoms with van der Waals surface area (Å²) in [4.78, 5) is 15.1. The Morgan fingerprint density at radius 1 is 1.35 bits per heavy atom. The number of carbonyl (C=O) groups is 1. The lowest BCUT2D eigenvalue weighted by molar-refractivity contribution is -0.128. The van der Waals surface area contributed by atoms with E-state index < -0.39 is 0 Å². The molecule has 1 N–H and O–H groups in total. The zero-order valence-corrected chi connectivity index (χ0v) is 14.8. The van der Waals surface area contributed by atoms with E-state index in [-0.39, 0.29) is 11.4 Å². The van der Waals surface area contributed by atoms with Crippen molar-refractivity contribution in [2.24, 2.45) is 0 Å². The highest BCUT2D eigenvalue weighted by Gasteiger charge is 2.49. The van der Waals surface area contributed by atoms with E-state index in [0.29, 0.717) is 0 Å². The van der Waals surface area contributed by atoms with Crippen LogP contribution < -0.4 is 5.32 Å². The third-order valence-electron chi connectivity index (χ3n) is 5.27. The number of hydrogen-bond acceptors (Lipinski definition) is 2. The Morgan fingerprint density at radius 2 is 2.04 bits per heavy atom. The van der Waals surface area contributed by atoms with Crippen molar-refractivity contribution in [2.75, 3.05) is 20.1 Å². The van der Waals surface area contributed by atoms with E-state index in [0.717, 1.165) is 37.1 Å². The van der Waals surface area contributed by atoms with Gasteiger partial charge < -0.3 is 10.2 Å². The van der Waals surface area contributed by atoms with Crippen molar-refractivity contribution in [1.82, 2.24) is 10.2 Å². The number of allylic oxidation sites excluding steroid dienone is 4. The maximum Gasteiger partial charge on any atom is 0.255 e. The van der Waals surface area contributed by atoms with E-state index in [9.17, 15) is 4.79 Å². The van der Waals surface area contributed by atoms with Crippen molar-refractivity contribution in [1.29, 1.82) is 0 Å². The van der Waals surface area contributed by atoms with Crippen LogP contribution in [0.5, 0.6) is 0 Å². The average molecular weight is 314 g/mol. The molecule has 0 aromatic carbocycles. The zero-order chi connectivity index (χ0) is 16.9. The molecule has 23 heavy (non-hydrogen) atoms. The van der Waals surface area contributed by atoms with Crippen LogP contribution in [0.2, 0.25) is 0 Å². The number of nitrogens with one attached hydrogen (secondary N) is 1. The first-order chi connectivity index (χ1) is 11.1. The smallest absolute Gasteiger partial charge is 0.255 e. The minimum Gasteiger partial charge on any atom is -0.332 e. The summed E-state index contributed by atoms with van der Waals surface area (Å²) in [5.74, 6) is 0.168. The van der Waals surface area contributed by atoms with E-state index >= 15 is 0 Å². The molecular formula is C20H30N2O. The summed E-state index contributed by atoms with van der Waals surface area (Å²) in [6.45, 7) is 9.56. The molecular weight excluding hydrogens is 284 g/mol. The molecule has 0 aromatic heterocycles. The molecule has 1 fully saturated rings. The summed E-state index contributed by atoms with van der Waals surface area (Å²) < 4.78 is 0. The van der Waals surface area contributed by atoms with Gasteiger partial charge in [-0.2, -0.15) is 0 Å². The van der Waals surface area contributed by atoms with E-state index in [2.05, 4.69) is 18.8 Å². The first-order valence-corrected chi connectivity index (χ1v) is 8.80. The van der Waals surface area contributed by atoms with Crippen LogP contribution in [0, 0.1) is 0 Å². The van der Waals surface area contributed by atoms with Crippen LogP contribution in [0.4, 0.5) is 0 Å². The van der Waals surface area contributed by atoms with Gasteiger partial charge in [0.05, 0.1) is 5.54 Å². The Morgan fingerprint density at radius 3 is 2.61 bits per heavy atom. The minimum atomic E-state index is -0.0802. The third kappa shape index (κ3) is 3.20. The normalized spacial score (nSPS) is 21.8. The Labute approximate surface area is 140 Å². The topological polar surface area (TPSA) is 32.3 Å². The lowest BCUT2D eigenvalue weighted by Crippen LogP contribution is -2.48. The fraction of sp³-hybridized carbons (Fsp3) is 0.550. The number of nitrogens with zero attached hydrogens (tertiary/aromatic N) is 1. The average Bonchev–Trinajstić information content (AvgIpc) is 2.77.